The summed E-state index contributed by atoms with van der Waals surface area (Å²) in [6.07, 6.45) is -1.69. The summed E-state index contributed by atoms with van der Waals surface area (Å²) in [5.74, 6) is -3.21. The molecule has 0 spiro atoms. The van der Waals surface area contributed by atoms with Crippen LogP contribution >= 0.6 is 11.3 Å². The predicted octanol–water partition coefficient (Wildman–Crippen LogP) is 2.88. The van der Waals surface area contributed by atoms with Gasteiger partial charge in [0.2, 0.25) is 0 Å². The lowest BCUT2D eigenvalue weighted by atomic mass is 10.0. The van der Waals surface area contributed by atoms with Gasteiger partial charge in [-0.15, -0.1) is 11.3 Å². The molecule has 11 heteroatoms. The number of hydrogen-bond donors (Lipinski definition) is 6. The fourth-order valence-corrected chi connectivity index (χ4v) is 3.85. The molecule has 6 N–H and O–H groups in total. The van der Waals surface area contributed by atoms with Crippen LogP contribution < -0.4 is 16.0 Å². The Balaban J connectivity index is 1.63. The summed E-state index contributed by atoms with van der Waals surface area (Å²) in [4.78, 5) is 47.2. The Morgan fingerprint density at radius 2 is 1.56 bits per heavy atom. The van der Waals surface area contributed by atoms with Crippen LogP contribution in [0, 0.1) is 0 Å². The lowest BCUT2D eigenvalue weighted by molar-refractivity contribution is -0.148. The van der Waals surface area contributed by atoms with E-state index in [1.165, 1.54) is 30.3 Å². The number of aliphatic hydroxyl groups excluding tert-OH is 1. The van der Waals surface area contributed by atoms with Gasteiger partial charge in [0, 0.05) is 11.3 Å². The van der Waals surface area contributed by atoms with Gasteiger partial charge in [-0.05, 0) is 47.7 Å². The number of carboxylic acid groups (broad SMARTS) is 2. The predicted molar refractivity (Wildman–Crippen MR) is 125 cm³/mol. The zero-order valence-corrected chi connectivity index (χ0v) is 18.4. The number of aliphatic carboxylic acids is 1. The van der Waals surface area contributed by atoms with E-state index in [4.69, 9.17) is 5.11 Å². The number of aliphatic hydroxyl groups is 1. The molecule has 1 heterocycles. The molecule has 2 unspecified atom stereocenters. The maximum atomic E-state index is 12.6. The third kappa shape index (κ3) is 6.40. The summed E-state index contributed by atoms with van der Waals surface area (Å²) in [5.41, 5.74) is 1.25. The zero-order valence-electron chi connectivity index (χ0n) is 17.6. The second-order valence-electron chi connectivity index (χ2n) is 7.18. The minimum atomic E-state index is -1.80. The molecule has 3 rings (SSSR count). The number of aromatic carboxylic acids is 1. The number of anilines is 2. The van der Waals surface area contributed by atoms with Crippen molar-refractivity contribution in [3.8, 4) is 0 Å². The van der Waals surface area contributed by atoms with Gasteiger partial charge in [-0.2, -0.15) is 0 Å². The molecule has 0 aliphatic carbocycles. The zero-order chi connectivity index (χ0) is 24.7. The standard InChI is InChI=1S/C23H21N3O7S/c27-18(22(31)32)17(12-13-4-2-1-3-5-13)25-19(28)14-6-8-15(9-7-14)24-23(33)26-20-16(21(29)30)10-11-34-20/h1-11,17-18,27H,12H2,(H,25,28)(H,29,30)(H,31,32)(H2,24,26,33). The first-order chi connectivity index (χ1) is 16.2. The van der Waals surface area contributed by atoms with E-state index in [1.54, 1.807) is 35.7 Å². The molecule has 0 saturated heterocycles. The molecule has 3 amide bonds. The summed E-state index contributed by atoms with van der Waals surface area (Å²) in [5, 5.41) is 37.6. The Morgan fingerprint density at radius 1 is 0.882 bits per heavy atom. The molecule has 3 aromatic rings. The van der Waals surface area contributed by atoms with Gasteiger partial charge in [0.05, 0.1) is 11.6 Å². The Bertz CT molecular complexity index is 1180. The minimum Gasteiger partial charge on any atom is -0.479 e. The van der Waals surface area contributed by atoms with E-state index in [0.29, 0.717) is 5.69 Å². The highest BCUT2D eigenvalue weighted by atomic mass is 32.1. The van der Waals surface area contributed by atoms with Crippen LogP contribution in [0.3, 0.4) is 0 Å². The molecule has 2 aromatic carbocycles. The topological polar surface area (TPSA) is 165 Å². The van der Waals surface area contributed by atoms with Gasteiger partial charge < -0.3 is 26.0 Å². The molecule has 10 nitrogen and oxygen atoms in total. The van der Waals surface area contributed by atoms with Gasteiger partial charge in [-0.3, -0.25) is 10.1 Å². The summed E-state index contributed by atoms with van der Waals surface area (Å²) in [6, 6.07) is 14.3. The average Bonchev–Trinajstić information content (AvgIpc) is 3.27. The molecule has 0 fully saturated rings. The summed E-state index contributed by atoms with van der Waals surface area (Å²) >= 11 is 1.07. The first kappa shape index (κ1) is 24.4. The number of carbonyl (C=O) groups is 4. The maximum absolute atomic E-state index is 12.6. The van der Waals surface area contributed by atoms with Crippen LogP contribution in [-0.4, -0.2) is 51.3 Å². The minimum absolute atomic E-state index is 0.0271. The van der Waals surface area contributed by atoms with E-state index in [0.717, 1.165) is 16.9 Å². The van der Waals surface area contributed by atoms with Gasteiger partial charge in [0.25, 0.3) is 5.91 Å². The normalized spacial score (nSPS) is 12.3. The smallest absolute Gasteiger partial charge is 0.338 e. The van der Waals surface area contributed by atoms with Crippen LogP contribution in [0.25, 0.3) is 0 Å². The largest absolute Gasteiger partial charge is 0.479 e. The molecule has 0 aliphatic rings. The van der Waals surface area contributed by atoms with Crippen LogP contribution in [0.4, 0.5) is 15.5 Å². The molecule has 0 radical (unpaired) electrons. The number of carboxylic acids is 2. The van der Waals surface area contributed by atoms with E-state index in [1.807, 2.05) is 0 Å². The van der Waals surface area contributed by atoms with Crippen LogP contribution in [0.5, 0.6) is 0 Å². The third-order valence-corrected chi connectivity index (χ3v) is 5.61. The monoisotopic (exact) mass is 483 g/mol. The first-order valence-electron chi connectivity index (χ1n) is 9.99. The van der Waals surface area contributed by atoms with Crippen molar-refractivity contribution in [2.75, 3.05) is 10.6 Å². The fourth-order valence-electron chi connectivity index (χ4n) is 3.08. The molecule has 2 atom stereocenters. The molecule has 176 valence electrons. The van der Waals surface area contributed by atoms with Crippen LogP contribution in [0.15, 0.2) is 66.0 Å². The van der Waals surface area contributed by atoms with Gasteiger partial charge in [0.1, 0.15) is 5.00 Å². The fraction of sp³-hybridized carbons (Fsp3) is 0.130. The number of urea groups is 1. The number of carbonyl (C=O) groups excluding carboxylic acids is 2. The van der Waals surface area contributed by atoms with Gasteiger partial charge in [-0.25, -0.2) is 14.4 Å². The van der Waals surface area contributed by atoms with Gasteiger partial charge in [-0.1, -0.05) is 30.3 Å². The molecule has 0 aliphatic heterocycles. The molecule has 0 saturated carbocycles. The highest BCUT2D eigenvalue weighted by molar-refractivity contribution is 7.14. The summed E-state index contributed by atoms with van der Waals surface area (Å²) in [6.45, 7) is 0. The van der Waals surface area contributed by atoms with E-state index >= 15 is 0 Å². The molecule has 34 heavy (non-hydrogen) atoms. The van der Waals surface area contributed by atoms with Crippen LogP contribution in [0.1, 0.15) is 26.3 Å². The van der Waals surface area contributed by atoms with Crippen molar-refractivity contribution in [2.24, 2.45) is 0 Å². The third-order valence-electron chi connectivity index (χ3n) is 4.78. The number of benzene rings is 2. The van der Waals surface area contributed by atoms with Crippen molar-refractivity contribution in [3.05, 3.63) is 82.7 Å². The van der Waals surface area contributed by atoms with Crippen molar-refractivity contribution in [3.63, 3.8) is 0 Å². The van der Waals surface area contributed by atoms with Gasteiger partial charge in [0.15, 0.2) is 6.10 Å². The Morgan fingerprint density at radius 3 is 2.18 bits per heavy atom. The summed E-state index contributed by atoms with van der Waals surface area (Å²) < 4.78 is 0. The highest BCUT2D eigenvalue weighted by Gasteiger charge is 2.28. The molecule has 0 bridgehead atoms. The highest BCUT2D eigenvalue weighted by Crippen LogP contribution is 2.23. The van der Waals surface area contributed by atoms with E-state index in [-0.39, 0.29) is 22.5 Å². The lowest BCUT2D eigenvalue weighted by Crippen LogP contribution is -2.48. The van der Waals surface area contributed by atoms with Crippen molar-refractivity contribution < 1.29 is 34.5 Å². The van der Waals surface area contributed by atoms with E-state index < -0.39 is 36.0 Å². The Hall–Kier alpha value is -4.22. The molecular formula is C23H21N3O7S. The second-order valence-corrected chi connectivity index (χ2v) is 8.09. The maximum Gasteiger partial charge on any atom is 0.338 e. The lowest BCUT2D eigenvalue weighted by Gasteiger charge is -2.21. The van der Waals surface area contributed by atoms with E-state index in [9.17, 15) is 29.4 Å². The first-order valence-corrected chi connectivity index (χ1v) is 10.9. The number of hydrogen-bond acceptors (Lipinski definition) is 6. The Kier molecular flexibility index (Phi) is 7.96. The van der Waals surface area contributed by atoms with E-state index in [2.05, 4.69) is 16.0 Å². The second kappa shape index (κ2) is 11.1. The Labute approximate surface area is 197 Å². The average molecular weight is 484 g/mol. The van der Waals surface area contributed by atoms with Crippen LogP contribution in [0.2, 0.25) is 0 Å². The molecule has 1 aromatic heterocycles. The van der Waals surface area contributed by atoms with Crippen molar-refractivity contribution in [1.82, 2.24) is 5.32 Å². The number of nitrogens with one attached hydrogen (secondary N) is 3. The summed E-state index contributed by atoms with van der Waals surface area (Å²) in [7, 11) is 0. The number of amides is 3. The quantitative estimate of drug-likeness (QED) is 0.272. The van der Waals surface area contributed by atoms with Crippen molar-refractivity contribution >= 4 is 45.9 Å². The number of rotatable bonds is 9. The molecular weight excluding hydrogens is 462 g/mol. The SMILES string of the molecule is O=C(Nc1ccc(C(=O)NC(Cc2ccccc2)C(O)C(=O)O)cc1)Nc1sccc1C(=O)O. The number of thiophene rings is 1. The van der Waals surface area contributed by atoms with Crippen molar-refractivity contribution in [2.45, 2.75) is 18.6 Å². The van der Waals surface area contributed by atoms with Crippen molar-refractivity contribution in [1.29, 1.82) is 0 Å². The van der Waals surface area contributed by atoms with Gasteiger partial charge >= 0.3 is 18.0 Å². The van der Waals surface area contributed by atoms with Crippen LogP contribution in [-0.2, 0) is 11.2 Å².